The molecule has 0 aliphatic heterocycles. The minimum Gasteiger partial charge on any atom is -0.444 e. The predicted octanol–water partition coefficient (Wildman–Crippen LogP) is 1.29. The average molecular weight is 412 g/mol. The lowest BCUT2D eigenvalue weighted by Gasteiger charge is -2.24. The third-order valence-electron chi connectivity index (χ3n) is 3.53. The Bertz CT molecular complexity index is 703. The first-order valence-electron chi connectivity index (χ1n) is 8.72. The van der Waals surface area contributed by atoms with Crippen molar-refractivity contribution >= 4 is 35.3 Å². The summed E-state index contributed by atoms with van der Waals surface area (Å²) in [5, 5.41) is 4.85. The number of ether oxygens (including phenoxy) is 1. The van der Waals surface area contributed by atoms with Gasteiger partial charge in [-0.15, -0.1) is 11.6 Å². The number of carbonyl (C=O) groups is 4. The lowest BCUT2D eigenvalue weighted by molar-refractivity contribution is -0.130. The summed E-state index contributed by atoms with van der Waals surface area (Å²) < 4.78 is 5.10. The Kier molecular flexibility index (Phi) is 8.91. The van der Waals surface area contributed by atoms with Gasteiger partial charge in [-0.25, -0.2) is 4.79 Å². The Hall–Kier alpha value is -2.61. The van der Waals surface area contributed by atoms with Gasteiger partial charge in [0.05, 0.1) is 18.3 Å². The first-order valence-corrected chi connectivity index (χ1v) is 9.26. The van der Waals surface area contributed by atoms with Gasteiger partial charge in [-0.05, 0) is 32.8 Å². The van der Waals surface area contributed by atoms with Gasteiger partial charge in [-0.2, -0.15) is 0 Å². The maximum Gasteiger partial charge on any atom is 0.408 e. The van der Waals surface area contributed by atoms with Crippen molar-refractivity contribution in [1.29, 1.82) is 0 Å². The summed E-state index contributed by atoms with van der Waals surface area (Å²) in [4.78, 5) is 48.1. The molecule has 1 aromatic rings. The second-order valence-electron chi connectivity index (χ2n) is 7.22. The summed E-state index contributed by atoms with van der Waals surface area (Å²) in [6.45, 7) is 4.97. The Morgan fingerprint density at radius 1 is 1.07 bits per heavy atom. The number of primary amides is 1. The van der Waals surface area contributed by atoms with Crippen LogP contribution < -0.4 is 16.4 Å². The molecule has 28 heavy (non-hydrogen) atoms. The van der Waals surface area contributed by atoms with Gasteiger partial charge in [-0.1, -0.05) is 30.3 Å². The first kappa shape index (κ1) is 23.4. The molecule has 0 heterocycles. The Balaban J connectivity index is 2.90. The van der Waals surface area contributed by atoms with E-state index in [-0.39, 0.29) is 12.3 Å². The van der Waals surface area contributed by atoms with E-state index < -0.39 is 47.8 Å². The van der Waals surface area contributed by atoms with E-state index >= 15 is 0 Å². The van der Waals surface area contributed by atoms with Gasteiger partial charge in [0.25, 0.3) is 0 Å². The number of nitrogens with one attached hydrogen (secondary N) is 2. The van der Waals surface area contributed by atoms with Crippen LogP contribution >= 0.6 is 11.6 Å². The number of rotatable bonds is 9. The number of alkyl halides is 1. The molecule has 0 saturated heterocycles. The van der Waals surface area contributed by atoms with Gasteiger partial charge in [0.15, 0.2) is 5.78 Å². The molecular weight excluding hydrogens is 386 g/mol. The van der Waals surface area contributed by atoms with E-state index in [2.05, 4.69) is 10.6 Å². The predicted molar refractivity (Wildman–Crippen MR) is 105 cm³/mol. The zero-order valence-electron chi connectivity index (χ0n) is 16.2. The average Bonchev–Trinajstić information content (AvgIpc) is 2.58. The van der Waals surface area contributed by atoms with Crippen molar-refractivity contribution in [1.82, 2.24) is 10.6 Å². The maximum atomic E-state index is 12.6. The summed E-state index contributed by atoms with van der Waals surface area (Å²) in [7, 11) is 0. The van der Waals surface area contributed by atoms with Crippen LogP contribution in [0.5, 0.6) is 0 Å². The van der Waals surface area contributed by atoms with Crippen molar-refractivity contribution in [3.63, 3.8) is 0 Å². The largest absolute Gasteiger partial charge is 0.444 e. The molecule has 0 aliphatic rings. The second-order valence-corrected chi connectivity index (χ2v) is 7.49. The summed E-state index contributed by atoms with van der Waals surface area (Å²) in [5.41, 5.74) is 5.20. The molecule has 8 nitrogen and oxygen atoms in total. The topological polar surface area (TPSA) is 128 Å². The number of nitrogens with two attached hydrogens (primary N) is 1. The van der Waals surface area contributed by atoms with Crippen LogP contribution in [0.1, 0.15) is 32.8 Å². The molecule has 0 unspecified atom stereocenters. The minimum absolute atomic E-state index is 0.216. The highest BCUT2D eigenvalue weighted by Gasteiger charge is 2.29. The maximum absolute atomic E-state index is 12.6. The minimum atomic E-state index is -1.28. The highest BCUT2D eigenvalue weighted by atomic mass is 35.5. The molecular formula is C19H26ClN3O5. The number of halogens is 1. The SMILES string of the molecule is CC(C)(C)OC(=O)N[C@@H](CC(N)=O)C(=O)N[C@@H](Cc1ccccc1)C(=O)CCl. The van der Waals surface area contributed by atoms with Gasteiger partial charge in [0.1, 0.15) is 11.6 Å². The fourth-order valence-electron chi connectivity index (χ4n) is 2.32. The molecule has 4 N–H and O–H groups in total. The molecule has 0 aliphatic carbocycles. The standard InChI is InChI=1S/C19H26ClN3O5/c1-19(2,3)28-18(27)23-14(10-16(21)25)17(26)22-13(15(24)11-20)9-12-7-5-4-6-8-12/h4-8,13-14H,9-11H2,1-3H3,(H2,21,25)(H,22,26)(H,23,27)/t13-,14-/m0/s1. The van der Waals surface area contributed by atoms with Gasteiger partial charge >= 0.3 is 6.09 Å². The van der Waals surface area contributed by atoms with E-state index in [1.54, 1.807) is 45.0 Å². The summed E-state index contributed by atoms with van der Waals surface area (Å²) in [5.74, 6) is -2.21. The van der Waals surface area contributed by atoms with Crippen LogP contribution in [-0.2, 0) is 25.5 Å². The van der Waals surface area contributed by atoms with Crippen molar-refractivity contribution in [3.8, 4) is 0 Å². The summed E-state index contributed by atoms with van der Waals surface area (Å²) in [6, 6.07) is 6.85. The van der Waals surface area contributed by atoms with Crippen molar-refractivity contribution in [3.05, 3.63) is 35.9 Å². The number of hydrogen-bond acceptors (Lipinski definition) is 5. The Morgan fingerprint density at radius 3 is 2.18 bits per heavy atom. The lowest BCUT2D eigenvalue weighted by Crippen LogP contribution is -2.54. The molecule has 9 heteroatoms. The van der Waals surface area contributed by atoms with E-state index in [1.807, 2.05) is 6.07 Å². The molecule has 0 fully saturated rings. The highest BCUT2D eigenvalue weighted by Crippen LogP contribution is 2.09. The number of benzene rings is 1. The Morgan fingerprint density at radius 2 is 1.68 bits per heavy atom. The van der Waals surface area contributed by atoms with E-state index in [0.717, 1.165) is 5.56 Å². The van der Waals surface area contributed by atoms with Crippen molar-refractivity contribution in [2.45, 2.75) is 51.3 Å². The quantitative estimate of drug-likeness (QED) is 0.527. The first-order chi connectivity index (χ1) is 13.0. The van der Waals surface area contributed by atoms with Crippen molar-refractivity contribution in [2.24, 2.45) is 5.73 Å². The van der Waals surface area contributed by atoms with Crippen LogP contribution in [0.25, 0.3) is 0 Å². The second kappa shape index (κ2) is 10.7. The molecule has 3 amide bonds. The monoisotopic (exact) mass is 411 g/mol. The van der Waals surface area contributed by atoms with Gasteiger partial charge in [0.2, 0.25) is 11.8 Å². The molecule has 0 spiro atoms. The van der Waals surface area contributed by atoms with E-state index in [9.17, 15) is 19.2 Å². The molecule has 2 atom stereocenters. The molecule has 0 radical (unpaired) electrons. The van der Waals surface area contributed by atoms with E-state index in [0.29, 0.717) is 0 Å². The summed E-state index contributed by atoms with van der Waals surface area (Å²) >= 11 is 5.65. The lowest BCUT2D eigenvalue weighted by atomic mass is 10.0. The number of hydrogen-bond donors (Lipinski definition) is 3. The van der Waals surface area contributed by atoms with Crippen LogP contribution in [0.3, 0.4) is 0 Å². The van der Waals surface area contributed by atoms with Gasteiger partial charge < -0.3 is 21.1 Å². The van der Waals surface area contributed by atoms with Crippen molar-refractivity contribution < 1.29 is 23.9 Å². The number of amides is 3. The van der Waals surface area contributed by atoms with Crippen molar-refractivity contribution in [2.75, 3.05) is 5.88 Å². The smallest absolute Gasteiger partial charge is 0.408 e. The van der Waals surface area contributed by atoms with Crippen LogP contribution in [-0.4, -0.2) is 47.3 Å². The molecule has 0 bridgehead atoms. The van der Waals surface area contributed by atoms with Crippen LogP contribution in [0.2, 0.25) is 0 Å². The molecule has 154 valence electrons. The zero-order chi connectivity index (χ0) is 21.3. The zero-order valence-corrected chi connectivity index (χ0v) is 16.9. The molecule has 1 aromatic carbocycles. The molecule has 0 saturated carbocycles. The number of alkyl carbamates (subject to hydrolysis) is 1. The van der Waals surface area contributed by atoms with E-state index in [1.165, 1.54) is 0 Å². The van der Waals surface area contributed by atoms with Crippen LogP contribution in [0, 0.1) is 0 Å². The van der Waals surface area contributed by atoms with Crippen LogP contribution in [0.4, 0.5) is 4.79 Å². The number of Topliss-reactive ketones (excluding diaryl/α,β-unsaturated/α-hetero) is 1. The van der Waals surface area contributed by atoms with Gasteiger partial charge in [-0.3, -0.25) is 14.4 Å². The third-order valence-corrected chi connectivity index (χ3v) is 3.80. The fourth-order valence-corrected chi connectivity index (χ4v) is 2.51. The van der Waals surface area contributed by atoms with Crippen LogP contribution in [0.15, 0.2) is 30.3 Å². The molecule has 0 aromatic heterocycles. The normalized spacial score (nSPS) is 13.1. The Labute approximate surface area is 169 Å². The number of ketones is 1. The summed E-state index contributed by atoms with van der Waals surface area (Å²) in [6.07, 6.45) is -1.11. The highest BCUT2D eigenvalue weighted by molar-refractivity contribution is 6.28. The fraction of sp³-hybridized carbons (Fsp3) is 0.474. The number of carbonyl (C=O) groups excluding carboxylic acids is 4. The molecule has 1 rings (SSSR count). The third kappa shape index (κ3) is 8.85. The van der Waals surface area contributed by atoms with E-state index in [4.69, 9.17) is 22.1 Å². The van der Waals surface area contributed by atoms with Gasteiger partial charge in [0, 0.05) is 0 Å².